The fourth-order valence-electron chi connectivity index (χ4n) is 1.44. The summed E-state index contributed by atoms with van der Waals surface area (Å²) in [5.41, 5.74) is 0. The van der Waals surface area contributed by atoms with Crippen molar-refractivity contribution in [2.24, 2.45) is 0 Å². The number of ether oxygens (including phenoxy) is 4. The van der Waals surface area contributed by atoms with Gasteiger partial charge in [0.05, 0.1) is 19.8 Å². The van der Waals surface area contributed by atoms with E-state index in [9.17, 15) is 14.4 Å². The molecule has 0 aliphatic heterocycles. The molecule has 0 atom stereocenters. The summed E-state index contributed by atoms with van der Waals surface area (Å²) in [6.45, 7) is 7.75. The first-order valence-electron chi connectivity index (χ1n) is 7.56. The van der Waals surface area contributed by atoms with Crippen molar-refractivity contribution in [3.8, 4) is 0 Å². The van der Waals surface area contributed by atoms with Crippen LogP contribution in [0.2, 0.25) is 0 Å². The monoisotopic (exact) mass is 331 g/mol. The smallest absolute Gasteiger partial charge is 0.417 e. The molecule has 0 unspecified atom stereocenters. The highest BCUT2D eigenvalue weighted by atomic mass is 16.6. The molecule has 0 N–H and O–H groups in total. The average Bonchev–Trinajstić information content (AvgIpc) is 2.52. The van der Waals surface area contributed by atoms with E-state index in [4.69, 9.17) is 9.47 Å². The minimum Gasteiger partial charge on any atom is -0.463 e. The van der Waals surface area contributed by atoms with Crippen molar-refractivity contribution in [3.05, 3.63) is 12.2 Å². The Bertz CT molecular complexity index is 385. The zero-order chi connectivity index (χ0) is 17.5. The number of hydrogen-bond donors (Lipinski definition) is 0. The van der Waals surface area contributed by atoms with E-state index in [2.05, 4.69) is 9.47 Å². The van der Waals surface area contributed by atoms with Crippen LogP contribution in [0.15, 0.2) is 12.2 Å². The van der Waals surface area contributed by atoms with E-state index in [0.717, 1.165) is 12.2 Å². The molecule has 0 aromatic rings. The fraction of sp³-hybridized carbons (Fsp3) is 0.667. The van der Waals surface area contributed by atoms with Crippen molar-refractivity contribution in [1.29, 1.82) is 0 Å². The van der Waals surface area contributed by atoms with E-state index < -0.39 is 18.0 Å². The number of esters is 2. The van der Waals surface area contributed by atoms with Gasteiger partial charge in [0.1, 0.15) is 0 Å². The van der Waals surface area contributed by atoms with E-state index >= 15 is 0 Å². The van der Waals surface area contributed by atoms with Gasteiger partial charge in [0.25, 0.3) is 0 Å². The van der Waals surface area contributed by atoms with Crippen molar-refractivity contribution in [3.63, 3.8) is 0 Å². The predicted octanol–water partition coefficient (Wildman–Crippen LogP) is 1.14. The Labute approximate surface area is 136 Å². The van der Waals surface area contributed by atoms with Crippen LogP contribution in [0, 0.1) is 0 Å². The molecule has 132 valence electrons. The van der Waals surface area contributed by atoms with Gasteiger partial charge in [-0.05, 0) is 20.8 Å². The van der Waals surface area contributed by atoms with E-state index in [1.165, 1.54) is 4.90 Å². The summed E-state index contributed by atoms with van der Waals surface area (Å²) >= 11 is 0. The highest BCUT2D eigenvalue weighted by molar-refractivity contribution is 5.96. The molecule has 0 aromatic heterocycles. The molecule has 1 amide bonds. The lowest BCUT2D eigenvalue weighted by molar-refractivity contribution is -0.138. The van der Waals surface area contributed by atoms with E-state index in [1.807, 2.05) is 13.8 Å². The zero-order valence-electron chi connectivity index (χ0n) is 13.9. The maximum atomic E-state index is 11.9. The van der Waals surface area contributed by atoms with Crippen LogP contribution in [0.4, 0.5) is 4.79 Å². The van der Waals surface area contributed by atoms with Gasteiger partial charge < -0.3 is 23.8 Å². The Hall–Kier alpha value is -1.93. The third kappa shape index (κ3) is 11.3. The van der Waals surface area contributed by atoms with Crippen molar-refractivity contribution >= 4 is 18.0 Å². The van der Waals surface area contributed by atoms with Gasteiger partial charge in [0.2, 0.25) is 0 Å². The first kappa shape index (κ1) is 21.1. The second kappa shape index (κ2) is 13.7. The topological polar surface area (TPSA) is 91.4 Å². The third-order valence-electron chi connectivity index (χ3n) is 2.51. The lowest BCUT2D eigenvalue weighted by atomic mass is 10.5. The van der Waals surface area contributed by atoms with E-state index in [-0.39, 0.29) is 19.7 Å². The summed E-state index contributed by atoms with van der Waals surface area (Å²) in [4.78, 5) is 35.8. The second-order valence-corrected chi connectivity index (χ2v) is 4.15. The lowest BCUT2D eigenvalue weighted by Gasteiger charge is -2.20. The predicted molar refractivity (Wildman–Crippen MR) is 81.8 cm³/mol. The maximum Gasteiger partial charge on any atom is 0.417 e. The van der Waals surface area contributed by atoms with Crippen LogP contribution in [-0.4, -0.2) is 69.1 Å². The molecule has 0 spiro atoms. The Morgan fingerprint density at radius 3 is 1.83 bits per heavy atom. The van der Waals surface area contributed by atoms with Gasteiger partial charge in [-0.1, -0.05) is 0 Å². The number of carbonyl (C=O) groups is 3. The van der Waals surface area contributed by atoms with Crippen molar-refractivity contribution < 1.29 is 33.3 Å². The molecule has 0 saturated carbocycles. The number of carbonyl (C=O) groups excluding carboxylic acids is 3. The molecule has 0 rings (SSSR count). The molecule has 8 heteroatoms. The van der Waals surface area contributed by atoms with Gasteiger partial charge in [-0.15, -0.1) is 0 Å². The normalized spacial score (nSPS) is 10.6. The van der Waals surface area contributed by atoms with Gasteiger partial charge in [0.15, 0.2) is 0 Å². The van der Waals surface area contributed by atoms with E-state index in [1.54, 1.807) is 6.92 Å². The van der Waals surface area contributed by atoms with Crippen LogP contribution in [0.1, 0.15) is 20.8 Å². The zero-order valence-corrected chi connectivity index (χ0v) is 13.9. The Morgan fingerprint density at radius 2 is 1.35 bits per heavy atom. The molecule has 0 aromatic carbocycles. The average molecular weight is 331 g/mol. The standard InChI is InChI=1S/C15H25NO7/c1-4-20-11-9-16(10-12-21-5-2)15(19)23-14(18)8-7-13(17)22-6-3/h7-8H,4-6,9-12H2,1-3H3/b8-7+. The van der Waals surface area contributed by atoms with Gasteiger partial charge in [-0.2, -0.15) is 0 Å². The molecule has 8 nitrogen and oxygen atoms in total. The minimum atomic E-state index is -0.944. The van der Waals surface area contributed by atoms with Gasteiger partial charge >= 0.3 is 18.0 Å². The summed E-state index contributed by atoms with van der Waals surface area (Å²) in [7, 11) is 0. The van der Waals surface area contributed by atoms with Crippen LogP contribution in [-0.2, 0) is 28.5 Å². The maximum absolute atomic E-state index is 11.9. The van der Waals surface area contributed by atoms with Crippen molar-refractivity contribution in [1.82, 2.24) is 4.90 Å². The Balaban J connectivity index is 4.42. The molecule has 0 aliphatic carbocycles. The van der Waals surface area contributed by atoms with Crippen LogP contribution in [0.5, 0.6) is 0 Å². The van der Waals surface area contributed by atoms with Gasteiger partial charge in [0, 0.05) is 38.5 Å². The third-order valence-corrected chi connectivity index (χ3v) is 2.51. The Morgan fingerprint density at radius 1 is 0.826 bits per heavy atom. The van der Waals surface area contributed by atoms with Crippen molar-refractivity contribution in [2.75, 3.05) is 46.1 Å². The van der Waals surface area contributed by atoms with E-state index in [0.29, 0.717) is 26.4 Å². The SMILES string of the molecule is CCOCCN(CCOCC)C(=O)OC(=O)/C=C/C(=O)OCC. The first-order valence-corrected chi connectivity index (χ1v) is 7.56. The molecule has 23 heavy (non-hydrogen) atoms. The lowest BCUT2D eigenvalue weighted by Crippen LogP contribution is -2.38. The van der Waals surface area contributed by atoms with Crippen molar-refractivity contribution in [2.45, 2.75) is 20.8 Å². The number of rotatable bonds is 11. The Kier molecular flexibility index (Phi) is 12.6. The molecule has 0 aliphatic rings. The molecule has 0 heterocycles. The molecular formula is C15H25NO7. The highest BCUT2D eigenvalue weighted by Gasteiger charge is 2.17. The number of amides is 1. The molecule has 0 bridgehead atoms. The van der Waals surface area contributed by atoms with Crippen LogP contribution < -0.4 is 0 Å². The molecule has 0 fully saturated rings. The second-order valence-electron chi connectivity index (χ2n) is 4.15. The number of nitrogens with zero attached hydrogens (tertiary/aromatic N) is 1. The van der Waals surface area contributed by atoms with Crippen LogP contribution in [0.3, 0.4) is 0 Å². The largest absolute Gasteiger partial charge is 0.463 e. The summed E-state index contributed by atoms with van der Waals surface area (Å²) in [5, 5.41) is 0. The highest BCUT2D eigenvalue weighted by Crippen LogP contribution is 1.97. The summed E-state index contributed by atoms with van der Waals surface area (Å²) < 4.78 is 19.6. The quantitative estimate of drug-likeness (QED) is 0.243. The molecule has 0 saturated heterocycles. The summed E-state index contributed by atoms with van der Waals surface area (Å²) in [6, 6.07) is 0. The molecule has 0 radical (unpaired) electrons. The van der Waals surface area contributed by atoms with Gasteiger partial charge in [-0.3, -0.25) is 0 Å². The fourth-order valence-corrected chi connectivity index (χ4v) is 1.44. The van der Waals surface area contributed by atoms with Crippen LogP contribution >= 0.6 is 0 Å². The summed E-state index contributed by atoms with van der Waals surface area (Å²) in [5.74, 6) is -1.62. The van der Waals surface area contributed by atoms with Gasteiger partial charge in [-0.25, -0.2) is 14.4 Å². The summed E-state index contributed by atoms with van der Waals surface area (Å²) in [6.07, 6.45) is 0.936. The van der Waals surface area contributed by atoms with Crippen LogP contribution in [0.25, 0.3) is 0 Å². The molecular weight excluding hydrogens is 306 g/mol. The first-order chi connectivity index (χ1) is 11.0. The minimum absolute atomic E-state index is 0.194. The number of hydrogen-bond acceptors (Lipinski definition) is 7.